The fourth-order valence-corrected chi connectivity index (χ4v) is 4.34. The third-order valence-electron chi connectivity index (χ3n) is 2.85. The smallest absolute Gasteiger partial charge is 0.306 e. The van der Waals surface area contributed by atoms with Crippen molar-refractivity contribution in [3.63, 3.8) is 0 Å². The highest BCUT2D eigenvalue weighted by atomic mass is 31.1. The molecule has 0 aromatic heterocycles. The van der Waals surface area contributed by atoms with Crippen LogP contribution < -0.4 is 0 Å². The van der Waals surface area contributed by atoms with Crippen molar-refractivity contribution in [3.05, 3.63) is 0 Å². The third kappa shape index (κ3) is 1.01. The van der Waals surface area contributed by atoms with E-state index in [1.54, 1.807) is 0 Å². The first-order chi connectivity index (χ1) is 6.24. The summed E-state index contributed by atoms with van der Waals surface area (Å²) in [4.78, 5) is 21.9. The maximum atomic E-state index is 11.0. The number of ether oxygens (including phenoxy) is 2. The minimum absolute atomic E-state index is 0.123. The number of hydrogen-bond acceptors (Lipinski definition) is 4. The fraction of sp³-hybridized carbons (Fsp3) is 0.750. The highest BCUT2D eigenvalue weighted by Crippen LogP contribution is 2.51. The standard InChI is InChI=1S/C8H9O4P/c9-5-1-3-7(11-5)8-4(13-3)2-6(10)12-8/h3-4,7-8,13H,1-2H2. The Balaban J connectivity index is 1.84. The van der Waals surface area contributed by atoms with Gasteiger partial charge in [-0.05, 0) is 0 Å². The van der Waals surface area contributed by atoms with Gasteiger partial charge in [0, 0.05) is 11.3 Å². The number of carbonyl (C=O) groups excluding carboxylic acids is 2. The van der Waals surface area contributed by atoms with Crippen LogP contribution in [0.4, 0.5) is 0 Å². The predicted molar refractivity (Wildman–Crippen MR) is 44.9 cm³/mol. The Morgan fingerprint density at radius 3 is 1.92 bits per heavy atom. The van der Waals surface area contributed by atoms with Crippen LogP contribution in [0.3, 0.4) is 0 Å². The minimum atomic E-state index is -0.135. The summed E-state index contributed by atoms with van der Waals surface area (Å²) in [6.07, 6.45) is 0.797. The van der Waals surface area contributed by atoms with Gasteiger partial charge in [-0.15, -0.1) is 8.58 Å². The first-order valence-electron chi connectivity index (χ1n) is 4.39. The summed E-state index contributed by atoms with van der Waals surface area (Å²) in [7, 11) is 0.657. The van der Waals surface area contributed by atoms with Crippen LogP contribution in [0.15, 0.2) is 0 Å². The second kappa shape index (κ2) is 2.44. The van der Waals surface area contributed by atoms with Crippen molar-refractivity contribution in [3.8, 4) is 0 Å². The second-order valence-corrected chi connectivity index (χ2v) is 5.51. The highest BCUT2D eigenvalue weighted by Gasteiger charge is 2.55. The van der Waals surface area contributed by atoms with E-state index in [2.05, 4.69) is 0 Å². The number of esters is 2. The van der Waals surface area contributed by atoms with E-state index in [-0.39, 0.29) is 24.1 Å². The molecule has 0 aromatic carbocycles. The zero-order valence-corrected chi connectivity index (χ0v) is 7.86. The molecule has 3 aliphatic rings. The summed E-state index contributed by atoms with van der Waals surface area (Å²) in [5.41, 5.74) is 0.659. The van der Waals surface area contributed by atoms with E-state index < -0.39 is 0 Å². The molecule has 3 heterocycles. The zero-order chi connectivity index (χ0) is 9.00. The fourth-order valence-electron chi connectivity index (χ4n) is 2.33. The molecule has 3 rings (SSSR count). The van der Waals surface area contributed by atoms with Gasteiger partial charge in [-0.3, -0.25) is 9.59 Å². The largest absolute Gasteiger partial charge is 0.458 e. The summed E-state index contributed by atoms with van der Waals surface area (Å²) in [5, 5.41) is 0. The Hall–Kier alpha value is -0.630. The molecule has 13 heavy (non-hydrogen) atoms. The van der Waals surface area contributed by atoms with Gasteiger partial charge in [-0.1, -0.05) is 0 Å². The molecule has 3 fully saturated rings. The van der Waals surface area contributed by atoms with Crippen molar-refractivity contribution in [2.45, 2.75) is 36.4 Å². The lowest BCUT2D eigenvalue weighted by molar-refractivity contribution is -0.153. The average Bonchev–Trinajstić information content (AvgIpc) is 2.60. The van der Waals surface area contributed by atoms with Gasteiger partial charge in [-0.25, -0.2) is 0 Å². The lowest BCUT2D eigenvalue weighted by atomic mass is 10.1. The maximum absolute atomic E-state index is 11.0. The van der Waals surface area contributed by atoms with Crippen LogP contribution >= 0.6 is 8.58 Å². The van der Waals surface area contributed by atoms with Gasteiger partial charge in [-0.2, -0.15) is 0 Å². The molecule has 3 aliphatic heterocycles. The Morgan fingerprint density at radius 2 is 1.46 bits per heavy atom. The molecular formula is C8H9O4P. The van der Waals surface area contributed by atoms with E-state index in [1.807, 2.05) is 0 Å². The molecule has 4 atom stereocenters. The molecule has 0 N–H and O–H groups in total. The van der Waals surface area contributed by atoms with Gasteiger partial charge in [0.15, 0.2) is 0 Å². The number of carbonyl (C=O) groups is 2. The van der Waals surface area contributed by atoms with Crippen molar-refractivity contribution < 1.29 is 19.1 Å². The van der Waals surface area contributed by atoms with Crippen LogP contribution in [-0.2, 0) is 19.1 Å². The quantitative estimate of drug-likeness (QED) is 0.409. The normalized spacial score (nSPS) is 48.9. The highest BCUT2D eigenvalue weighted by molar-refractivity contribution is 7.40. The molecule has 0 spiro atoms. The minimum Gasteiger partial charge on any atom is -0.458 e. The second-order valence-electron chi connectivity index (χ2n) is 3.70. The van der Waals surface area contributed by atoms with Crippen LogP contribution in [-0.4, -0.2) is 35.5 Å². The molecule has 0 bridgehead atoms. The van der Waals surface area contributed by atoms with Crippen molar-refractivity contribution in [1.29, 1.82) is 0 Å². The molecule has 0 amide bonds. The monoisotopic (exact) mass is 200 g/mol. The average molecular weight is 200 g/mol. The lowest BCUT2D eigenvalue weighted by Crippen LogP contribution is -2.30. The zero-order valence-electron chi connectivity index (χ0n) is 6.86. The summed E-state index contributed by atoms with van der Waals surface area (Å²) >= 11 is 0. The molecule has 70 valence electrons. The van der Waals surface area contributed by atoms with Crippen LogP contribution in [0.2, 0.25) is 0 Å². The Morgan fingerprint density at radius 1 is 1.00 bits per heavy atom. The Kier molecular flexibility index (Phi) is 1.46. The summed E-state index contributed by atoms with van der Waals surface area (Å²) in [5.74, 6) is -0.271. The van der Waals surface area contributed by atoms with Gasteiger partial charge in [0.05, 0.1) is 12.8 Å². The molecule has 3 saturated heterocycles. The number of fused-ring (bicyclic) bond motifs is 3. The number of hydrogen-bond donors (Lipinski definition) is 0. The predicted octanol–water partition coefficient (Wildman–Crippen LogP) is 0.0467. The van der Waals surface area contributed by atoms with Gasteiger partial charge in [0.25, 0.3) is 0 Å². The van der Waals surface area contributed by atoms with Gasteiger partial charge < -0.3 is 9.47 Å². The molecule has 0 aromatic rings. The number of rotatable bonds is 0. The van der Waals surface area contributed by atoms with Crippen LogP contribution in [0.1, 0.15) is 12.8 Å². The van der Waals surface area contributed by atoms with E-state index in [1.165, 1.54) is 0 Å². The summed E-state index contributed by atoms with van der Waals surface area (Å²) < 4.78 is 10.3. The SMILES string of the molecule is O=C1CC2PC3CC(=O)OC3C2O1. The Labute approximate surface area is 76.7 Å². The van der Waals surface area contributed by atoms with E-state index in [4.69, 9.17) is 9.47 Å². The topological polar surface area (TPSA) is 52.6 Å². The molecule has 4 nitrogen and oxygen atoms in total. The van der Waals surface area contributed by atoms with E-state index in [9.17, 15) is 9.59 Å². The lowest BCUT2D eigenvalue weighted by Gasteiger charge is -2.14. The summed E-state index contributed by atoms with van der Waals surface area (Å²) in [6, 6.07) is 0. The molecule has 0 saturated carbocycles. The van der Waals surface area contributed by atoms with Crippen molar-refractivity contribution in [2.24, 2.45) is 0 Å². The van der Waals surface area contributed by atoms with Crippen LogP contribution in [0, 0.1) is 0 Å². The third-order valence-corrected chi connectivity index (χ3v) is 4.77. The van der Waals surface area contributed by atoms with Crippen molar-refractivity contribution in [1.82, 2.24) is 0 Å². The van der Waals surface area contributed by atoms with Gasteiger partial charge in [0.1, 0.15) is 12.2 Å². The van der Waals surface area contributed by atoms with Gasteiger partial charge in [0.2, 0.25) is 0 Å². The van der Waals surface area contributed by atoms with E-state index in [0.29, 0.717) is 32.7 Å². The van der Waals surface area contributed by atoms with Crippen molar-refractivity contribution >= 4 is 20.5 Å². The maximum Gasteiger partial charge on any atom is 0.306 e. The van der Waals surface area contributed by atoms with Crippen LogP contribution in [0.5, 0.6) is 0 Å². The van der Waals surface area contributed by atoms with E-state index in [0.717, 1.165) is 0 Å². The molecule has 5 heteroatoms. The molecule has 0 radical (unpaired) electrons. The molecular weight excluding hydrogens is 191 g/mol. The molecule has 0 aliphatic carbocycles. The first kappa shape index (κ1) is 7.74. The van der Waals surface area contributed by atoms with E-state index >= 15 is 0 Å². The summed E-state index contributed by atoms with van der Waals surface area (Å²) in [6.45, 7) is 0. The van der Waals surface area contributed by atoms with Crippen LogP contribution in [0.25, 0.3) is 0 Å². The van der Waals surface area contributed by atoms with Gasteiger partial charge >= 0.3 is 11.9 Å². The first-order valence-corrected chi connectivity index (χ1v) is 5.54. The van der Waals surface area contributed by atoms with Crippen molar-refractivity contribution in [2.75, 3.05) is 0 Å². The molecule has 4 unspecified atom stereocenters. The Bertz CT molecular complexity index is 262.